The van der Waals surface area contributed by atoms with E-state index in [9.17, 15) is 0 Å². The molecule has 2 aliphatic heterocycles. The molecule has 1 nitrogen and oxygen atoms in total. The Kier molecular flexibility index (Phi) is 3.10. The molecule has 0 amide bonds. The molecule has 2 fully saturated rings. The zero-order chi connectivity index (χ0) is 12.0. The molecule has 17 heavy (non-hydrogen) atoms. The van der Waals surface area contributed by atoms with E-state index < -0.39 is 0 Å². The molecule has 2 heterocycles. The van der Waals surface area contributed by atoms with Crippen molar-refractivity contribution in [3.05, 3.63) is 33.8 Å². The van der Waals surface area contributed by atoms with E-state index in [4.69, 9.17) is 23.2 Å². The lowest BCUT2D eigenvalue weighted by Crippen LogP contribution is -2.39. The quantitative estimate of drug-likeness (QED) is 0.734. The molecule has 2 bridgehead atoms. The molecule has 3 rings (SSSR count). The van der Waals surface area contributed by atoms with Gasteiger partial charge in [-0.1, -0.05) is 29.3 Å². The summed E-state index contributed by atoms with van der Waals surface area (Å²) in [5.74, 6) is 0.665. The second kappa shape index (κ2) is 4.46. The summed E-state index contributed by atoms with van der Waals surface area (Å²) in [6.07, 6.45) is 5.26. The lowest BCUT2D eigenvalue weighted by molar-refractivity contribution is 0.161. The van der Waals surface area contributed by atoms with E-state index in [1.165, 1.54) is 31.2 Å². The van der Waals surface area contributed by atoms with Gasteiger partial charge in [-0.3, -0.25) is 0 Å². The largest absolute Gasteiger partial charge is 0.300 e. The first-order chi connectivity index (χ1) is 8.15. The van der Waals surface area contributed by atoms with Crippen LogP contribution in [0.2, 0.25) is 10.0 Å². The van der Waals surface area contributed by atoms with Crippen molar-refractivity contribution in [3.8, 4) is 0 Å². The van der Waals surface area contributed by atoms with Crippen molar-refractivity contribution in [2.75, 3.05) is 7.05 Å². The molecule has 0 radical (unpaired) electrons. The van der Waals surface area contributed by atoms with Crippen LogP contribution in [0.1, 0.15) is 37.2 Å². The van der Waals surface area contributed by atoms with Crippen molar-refractivity contribution in [1.29, 1.82) is 0 Å². The van der Waals surface area contributed by atoms with Crippen molar-refractivity contribution < 1.29 is 0 Å². The SMILES string of the molecule is CN1C2CCC1CC(c1ccc(Cl)c(Cl)c1)C2. The van der Waals surface area contributed by atoms with Crippen LogP contribution in [0, 0.1) is 0 Å². The van der Waals surface area contributed by atoms with Gasteiger partial charge in [-0.25, -0.2) is 0 Å². The molecular weight excluding hydrogens is 253 g/mol. The van der Waals surface area contributed by atoms with Crippen LogP contribution in [0.3, 0.4) is 0 Å². The van der Waals surface area contributed by atoms with Crippen molar-refractivity contribution in [2.24, 2.45) is 0 Å². The predicted octanol–water partition coefficient (Wildman–Crippen LogP) is 4.33. The number of hydrogen-bond acceptors (Lipinski definition) is 1. The molecule has 1 aromatic carbocycles. The Balaban J connectivity index is 1.84. The van der Waals surface area contributed by atoms with Crippen LogP contribution in [-0.2, 0) is 0 Å². The van der Waals surface area contributed by atoms with Gasteiger partial charge in [-0.05, 0) is 56.3 Å². The highest BCUT2D eigenvalue weighted by molar-refractivity contribution is 6.42. The van der Waals surface area contributed by atoms with Crippen molar-refractivity contribution >= 4 is 23.2 Å². The van der Waals surface area contributed by atoms with E-state index in [1.54, 1.807) is 0 Å². The fourth-order valence-corrected chi connectivity index (χ4v) is 3.76. The second-order valence-corrected chi connectivity index (χ2v) is 6.21. The number of rotatable bonds is 1. The van der Waals surface area contributed by atoms with E-state index in [0.29, 0.717) is 16.0 Å². The van der Waals surface area contributed by atoms with Gasteiger partial charge in [-0.15, -0.1) is 0 Å². The number of fused-ring (bicyclic) bond motifs is 2. The van der Waals surface area contributed by atoms with Crippen LogP contribution in [0.25, 0.3) is 0 Å². The highest BCUT2D eigenvalue weighted by atomic mass is 35.5. The Morgan fingerprint density at radius 3 is 2.29 bits per heavy atom. The van der Waals surface area contributed by atoms with Gasteiger partial charge >= 0.3 is 0 Å². The third kappa shape index (κ3) is 2.09. The third-order valence-corrected chi connectivity index (χ3v) is 5.25. The molecular formula is C14H17Cl2N. The minimum Gasteiger partial charge on any atom is -0.300 e. The number of benzene rings is 1. The normalized spacial score (nSPS) is 33.0. The van der Waals surface area contributed by atoms with Crippen molar-refractivity contribution in [2.45, 2.75) is 43.7 Å². The molecule has 2 saturated heterocycles. The second-order valence-electron chi connectivity index (χ2n) is 5.39. The van der Waals surface area contributed by atoms with Crippen LogP contribution in [0.15, 0.2) is 18.2 Å². The molecule has 92 valence electrons. The number of halogens is 2. The van der Waals surface area contributed by atoms with Gasteiger partial charge in [0.25, 0.3) is 0 Å². The van der Waals surface area contributed by atoms with Gasteiger partial charge in [0, 0.05) is 12.1 Å². The van der Waals surface area contributed by atoms with Crippen LogP contribution in [0.4, 0.5) is 0 Å². The summed E-state index contributed by atoms with van der Waals surface area (Å²) in [5, 5.41) is 1.35. The molecule has 0 aliphatic carbocycles. The van der Waals surface area contributed by atoms with E-state index in [1.807, 2.05) is 6.07 Å². The fourth-order valence-electron chi connectivity index (χ4n) is 3.45. The van der Waals surface area contributed by atoms with E-state index in [2.05, 4.69) is 24.1 Å². The highest BCUT2D eigenvalue weighted by Crippen LogP contribution is 2.42. The monoisotopic (exact) mass is 269 g/mol. The molecule has 1 aromatic rings. The van der Waals surface area contributed by atoms with Gasteiger partial charge in [0.2, 0.25) is 0 Å². The van der Waals surface area contributed by atoms with Crippen molar-refractivity contribution in [1.82, 2.24) is 4.90 Å². The third-order valence-electron chi connectivity index (χ3n) is 4.51. The fraction of sp³-hybridized carbons (Fsp3) is 0.571. The number of piperidine rings is 1. The maximum absolute atomic E-state index is 6.11. The van der Waals surface area contributed by atoms with Crippen LogP contribution in [0.5, 0.6) is 0 Å². The van der Waals surface area contributed by atoms with Gasteiger partial charge in [0.1, 0.15) is 0 Å². The highest BCUT2D eigenvalue weighted by Gasteiger charge is 2.38. The summed E-state index contributed by atoms with van der Waals surface area (Å²) in [6, 6.07) is 7.67. The van der Waals surface area contributed by atoms with Gasteiger partial charge in [0.15, 0.2) is 0 Å². The first kappa shape index (κ1) is 11.8. The summed E-state index contributed by atoms with van der Waals surface area (Å²) in [6.45, 7) is 0. The zero-order valence-electron chi connectivity index (χ0n) is 10.00. The van der Waals surface area contributed by atoms with Gasteiger partial charge in [0.05, 0.1) is 10.0 Å². The van der Waals surface area contributed by atoms with Crippen LogP contribution < -0.4 is 0 Å². The van der Waals surface area contributed by atoms with Crippen LogP contribution in [-0.4, -0.2) is 24.0 Å². The maximum Gasteiger partial charge on any atom is 0.0595 e. The Labute approximate surface area is 113 Å². The van der Waals surface area contributed by atoms with Crippen molar-refractivity contribution in [3.63, 3.8) is 0 Å². The average Bonchev–Trinajstić information content (AvgIpc) is 2.55. The number of hydrogen-bond donors (Lipinski definition) is 0. The average molecular weight is 270 g/mol. The summed E-state index contributed by atoms with van der Waals surface area (Å²) < 4.78 is 0. The van der Waals surface area contributed by atoms with Crippen LogP contribution >= 0.6 is 23.2 Å². The minimum atomic E-state index is 0.659. The lowest BCUT2D eigenvalue weighted by Gasteiger charge is -2.36. The Bertz CT molecular complexity index is 418. The maximum atomic E-state index is 6.11. The summed E-state index contributed by atoms with van der Waals surface area (Å²) >= 11 is 12.1. The molecule has 0 spiro atoms. The first-order valence-electron chi connectivity index (χ1n) is 6.32. The molecule has 2 aliphatic rings. The Hall–Kier alpha value is -0.240. The summed E-state index contributed by atoms with van der Waals surface area (Å²) in [5.41, 5.74) is 1.37. The van der Waals surface area contributed by atoms with E-state index >= 15 is 0 Å². The van der Waals surface area contributed by atoms with Gasteiger partial charge in [-0.2, -0.15) is 0 Å². The Morgan fingerprint density at radius 1 is 1.06 bits per heavy atom. The Morgan fingerprint density at radius 2 is 1.71 bits per heavy atom. The molecule has 0 N–H and O–H groups in total. The number of nitrogens with zero attached hydrogens (tertiary/aromatic N) is 1. The smallest absolute Gasteiger partial charge is 0.0595 e. The summed E-state index contributed by atoms with van der Waals surface area (Å²) in [7, 11) is 2.27. The van der Waals surface area contributed by atoms with E-state index in [0.717, 1.165) is 12.1 Å². The van der Waals surface area contributed by atoms with E-state index in [-0.39, 0.29) is 0 Å². The zero-order valence-corrected chi connectivity index (χ0v) is 11.5. The molecule has 0 saturated carbocycles. The minimum absolute atomic E-state index is 0.659. The molecule has 3 heteroatoms. The molecule has 2 atom stereocenters. The van der Waals surface area contributed by atoms with Gasteiger partial charge < -0.3 is 4.90 Å². The lowest BCUT2D eigenvalue weighted by atomic mass is 9.85. The molecule has 2 unspecified atom stereocenters. The summed E-state index contributed by atoms with van der Waals surface area (Å²) in [4.78, 5) is 2.56. The predicted molar refractivity (Wildman–Crippen MR) is 73.0 cm³/mol. The molecule has 0 aromatic heterocycles. The first-order valence-corrected chi connectivity index (χ1v) is 7.07. The standard InChI is InChI=1S/C14H17Cl2N/c1-17-11-3-4-12(17)7-10(6-11)9-2-5-13(15)14(16)8-9/h2,5,8,10-12H,3-4,6-7H2,1H3. The topological polar surface area (TPSA) is 3.24 Å².